The molecular weight excluding hydrogens is 570 g/mol. The first-order valence-corrected chi connectivity index (χ1v) is 14.5. The highest BCUT2D eigenvalue weighted by Gasteiger charge is 2.31. The van der Waals surface area contributed by atoms with Crippen molar-refractivity contribution >= 4 is 68.2 Å². The van der Waals surface area contributed by atoms with Gasteiger partial charge in [0.25, 0.3) is 5.91 Å². The van der Waals surface area contributed by atoms with Crippen LogP contribution in [0.3, 0.4) is 0 Å². The van der Waals surface area contributed by atoms with Crippen LogP contribution in [-0.4, -0.2) is 63.1 Å². The molecule has 2 atom stereocenters. The summed E-state index contributed by atoms with van der Waals surface area (Å²) in [5.41, 5.74) is 1.11. The van der Waals surface area contributed by atoms with E-state index in [0.29, 0.717) is 33.6 Å². The van der Waals surface area contributed by atoms with Gasteiger partial charge in [-0.15, -0.1) is 0 Å². The van der Waals surface area contributed by atoms with Gasteiger partial charge in [-0.25, -0.2) is 13.1 Å². The monoisotopic (exact) mass is 594 g/mol. The van der Waals surface area contributed by atoms with Crippen LogP contribution in [-0.2, 0) is 21.4 Å². The van der Waals surface area contributed by atoms with E-state index >= 15 is 0 Å². The predicted molar refractivity (Wildman–Crippen MR) is 143 cm³/mol. The predicted octanol–water partition coefficient (Wildman–Crippen LogP) is 3.73. The first-order chi connectivity index (χ1) is 16.9. The Balaban J connectivity index is 1.71. The third-order valence-corrected chi connectivity index (χ3v) is 7.71. The Morgan fingerprint density at radius 2 is 1.83 bits per heavy atom. The SMILES string of the molecule is CS(=O)(=O)NCC[C@@H]1N[C@H](CNC(=O)c2ccc(Cl)c(Cl)c2)CCN(Cc2ccc(Cl)cc2Cl)C1=O. The van der Waals surface area contributed by atoms with Gasteiger partial charge in [-0.05, 0) is 48.7 Å². The topological polar surface area (TPSA) is 108 Å². The number of hydrogen-bond donors (Lipinski definition) is 3. The minimum atomic E-state index is -3.41. The zero-order valence-corrected chi connectivity index (χ0v) is 23.2. The third kappa shape index (κ3) is 8.48. The van der Waals surface area contributed by atoms with Crippen molar-refractivity contribution in [2.45, 2.75) is 31.5 Å². The molecule has 3 N–H and O–H groups in total. The molecule has 1 aliphatic rings. The summed E-state index contributed by atoms with van der Waals surface area (Å²) in [6.45, 7) is 1.01. The lowest BCUT2D eigenvalue weighted by Crippen LogP contribution is -2.49. The van der Waals surface area contributed by atoms with Crippen molar-refractivity contribution in [2.24, 2.45) is 0 Å². The number of sulfonamides is 1. The van der Waals surface area contributed by atoms with Crippen LogP contribution in [0, 0.1) is 0 Å². The van der Waals surface area contributed by atoms with Gasteiger partial charge in [0.15, 0.2) is 0 Å². The molecule has 0 saturated carbocycles. The standard InChI is InChI=1S/C23H26Cl4N4O4S/c1-36(34,35)29-8-6-21-23(33)31(13-15-2-4-16(24)11-19(15)26)9-7-17(30-21)12-28-22(32)14-3-5-18(25)20(27)10-14/h2-5,10-11,17,21,29-30H,6-9,12-13H2,1H3,(H,28,32)/t17-,21-/m0/s1. The van der Waals surface area contributed by atoms with E-state index < -0.39 is 16.1 Å². The molecule has 1 saturated heterocycles. The van der Waals surface area contributed by atoms with Crippen molar-refractivity contribution in [1.82, 2.24) is 20.3 Å². The Bertz CT molecular complexity index is 1230. The summed E-state index contributed by atoms with van der Waals surface area (Å²) in [5.74, 6) is -0.513. The van der Waals surface area contributed by atoms with Gasteiger partial charge in [-0.3, -0.25) is 9.59 Å². The molecule has 0 spiro atoms. The van der Waals surface area contributed by atoms with Crippen molar-refractivity contribution < 1.29 is 18.0 Å². The van der Waals surface area contributed by atoms with Crippen LogP contribution < -0.4 is 15.4 Å². The fourth-order valence-corrected chi connectivity index (χ4v) is 5.06. The molecule has 3 rings (SSSR count). The lowest BCUT2D eigenvalue weighted by molar-refractivity contribution is -0.133. The van der Waals surface area contributed by atoms with Crippen LogP contribution >= 0.6 is 46.4 Å². The van der Waals surface area contributed by atoms with Gasteiger partial charge in [-0.1, -0.05) is 52.5 Å². The Kier molecular flexibility index (Phi) is 10.3. The molecule has 1 fully saturated rings. The molecule has 1 heterocycles. The second-order valence-electron chi connectivity index (χ2n) is 8.49. The van der Waals surface area contributed by atoms with Crippen molar-refractivity contribution in [3.8, 4) is 0 Å². The Labute approximate surface area is 230 Å². The van der Waals surface area contributed by atoms with E-state index in [9.17, 15) is 18.0 Å². The number of nitrogens with one attached hydrogen (secondary N) is 3. The fourth-order valence-electron chi connectivity index (χ4n) is 3.81. The zero-order valence-electron chi connectivity index (χ0n) is 19.4. The summed E-state index contributed by atoms with van der Waals surface area (Å²) in [4.78, 5) is 27.7. The maximum atomic E-state index is 13.4. The molecular formula is C23H26Cl4N4O4S. The van der Waals surface area contributed by atoms with Crippen LogP contribution in [0.4, 0.5) is 0 Å². The summed E-state index contributed by atoms with van der Waals surface area (Å²) in [5, 5.41) is 7.71. The van der Waals surface area contributed by atoms with Crippen LogP contribution in [0.15, 0.2) is 36.4 Å². The second-order valence-corrected chi connectivity index (χ2v) is 12.0. The van der Waals surface area contributed by atoms with E-state index in [1.807, 2.05) is 0 Å². The number of benzene rings is 2. The summed E-state index contributed by atoms with van der Waals surface area (Å²) in [6, 6.07) is 8.80. The smallest absolute Gasteiger partial charge is 0.251 e. The van der Waals surface area contributed by atoms with E-state index in [2.05, 4.69) is 15.4 Å². The van der Waals surface area contributed by atoms with E-state index in [1.54, 1.807) is 35.2 Å². The number of amides is 2. The summed E-state index contributed by atoms with van der Waals surface area (Å²) >= 11 is 24.2. The number of halogens is 4. The average molecular weight is 596 g/mol. The average Bonchev–Trinajstić information content (AvgIpc) is 2.94. The van der Waals surface area contributed by atoms with Gasteiger partial charge in [0.1, 0.15) is 0 Å². The molecule has 1 aliphatic heterocycles. The van der Waals surface area contributed by atoms with E-state index in [-0.39, 0.29) is 48.9 Å². The molecule has 2 aromatic rings. The first kappa shape index (κ1) is 29.0. The van der Waals surface area contributed by atoms with Gasteiger partial charge in [0.2, 0.25) is 15.9 Å². The minimum Gasteiger partial charge on any atom is -0.350 e. The molecule has 2 amide bonds. The number of rotatable bonds is 9. The minimum absolute atomic E-state index is 0.0835. The second kappa shape index (κ2) is 12.8. The molecule has 0 bridgehead atoms. The highest BCUT2D eigenvalue weighted by atomic mass is 35.5. The Hall–Kier alpha value is -1.59. The number of carbonyl (C=O) groups excluding carboxylic acids is 2. The van der Waals surface area contributed by atoms with Crippen molar-refractivity contribution in [3.63, 3.8) is 0 Å². The quantitative estimate of drug-likeness (QED) is 0.409. The molecule has 196 valence electrons. The first-order valence-electron chi connectivity index (χ1n) is 11.1. The highest BCUT2D eigenvalue weighted by Crippen LogP contribution is 2.24. The Morgan fingerprint density at radius 3 is 2.50 bits per heavy atom. The molecule has 8 nitrogen and oxygen atoms in total. The fraction of sp³-hybridized carbons (Fsp3) is 0.391. The number of nitrogens with zero attached hydrogens (tertiary/aromatic N) is 1. The maximum absolute atomic E-state index is 13.4. The Morgan fingerprint density at radius 1 is 1.08 bits per heavy atom. The molecule has 0 unspecified atom stereocenters. The van der Waals surface area contributed by atoms with Crippen LogP contribution in [0.25, 0.3) is 0 Å². The highest BCUT2D eigenvalue weighted by molar-refractivity contribution is 7.88. The van der Waals surface area contributed by atoms with Gasteiger partial charge >= 0.3 is 0 Å². The van der Waals surface area contributed by atoms with Crippen LogP contribution in [0.1, 0.15) is 28.8 Å². The van der Waals surface area contributed by atoms with Gasteiger partial charge in [0.05, 0.1) is 22.3 Å². The molecule has 0 aliphatic carbocycles. The summed E-state index contributed by atoms with van der Waals surface area (Å²) < 4.78 is 25.4. The molecule has 13 heteroatoms. The summed E-state index contributed by atoms with van der Waals surface area (Å²) in [7, 11) is -3.41. The largest absolute Gasteiger partial charge is 0.350 e. The summed E-state index contributed by atoms with van der Waals surface area (Å²) in [6.07, 6.45) is 1.84. The molecule has 0 aromatic heterocycles. The van der Waals surface area contributed by atoms with Gasteiger partial charge in [-0.2, -0.15) is 0 Å². The van der Waals surface area contributed by atoms with E-state index in [0.717, 1.165) is 11.8 Å². The van der Waals surface area contributed by atoms with Gasteiger partial charge in [0, 0.05) is 47.8 Å². The van der Waals surface area contributed by atoms with E-state index in [4.69, 9.17) is 46.4 Å². The van der Waals surface area contributed by atoms with Crippen LogP contribution in [0.2, 0.25) is 20.1 Å². The van der Waals surface area contributed by atoms with Crippen LogP contribution in [0.5, 0.6) is 0 Å². The van der Waals surface area contributed by atoms with Crippen molar-refractivity contribution in [1.29, 1.82) is 0 Å². The lowest BCUT2D eigenvalue weighted by atomic mass is 10.1. The van der Waals surface area contributed by atoms with E-state index in [1.165, 1.54) is 6.07 Å². The third-order valence-electron chi connectivity index (χ3n) is 5.66. The maximum Gasteiger partial charge on any atom is 0.251 e. The van der Waals surface area contributed by atoms with Crippen molar-refractivity contribution in [3.05, 3.63) is 67.6 Å². The van der Waals surface area contributed by atoms with Crippen molar-refractivity contribution in [2.75, 3.05) is 25.9 Å². The molecule has 0 radical (unpaired) electrons. The normalized spacial score (nSPS) is 18.7. The lowest BCUT2D eigenvalue weighted by Gasteiger charge is -2.25. The number of carbonyl (C=O) groups is 2. The molecule has 2 aromatic carbocycles. The number of hydrogen-bond acceptors (Lipinski definition) is 5. The zero-order chi connectivity index (χ0) is 26.5. The molecule has 36 heavy (non-hydrogen) atoms. The van der Waals surface area contributed by atoms with Gasteiger partial charge < -0.3 is 15.5 Å².